The molecule has 0 atom stereocenters. The van der Waals surface area contributed by atoms with Crippen molar-refractivity contribution in [2.24, 2.45) is 0 Å². The second kappa shape index (κ2) is 9.63. The van der Waals surface area contributed by atoms with Gasteiger partial charge < -0.3 is 10.6 Å². The first-order valence-corrected chi connectivity index (χ1v) is 10.5. The minimum atomic E-state index is -4.54. The largest absolute Gasteiger partial charge is 0.416 e. The molecule has 0 radical (unpaired) electrons. The molecule has 0 aliphatic carbocycles. The van der Waals surface area contributed by atoms with Gasteiger partial charge in [-0.1, -0.05) is 46.8 Å². The summed E-state index contributed by atoms with van der Waals surface area (Å²) >= 11 is 8.17. The third-order valence-corrected chi connectivity index (χ3v) is 6.00. The first-order chi connectivity index (χ1) is 14.2. The van der Waals surface area contributed by atoms with Gasteiger partial charge in [0, 0.05) is 6.54 Å². The maximum absolute atomic E-state index is 12.9. The Balaban J connectivity index is 1.51. The molecule has 0 fully saturated rings. The van der Waals surface area contributed by atoms with Crippen molar-refractivity contribution in [1.29, 1.82) is 0 Å². The molecule has 1 amide bonds. The van der Waals surface area contributed by atoms with Crippen LogP contribution in [0, 0.1) is 5.82 Å². The lowest BCUT2D eigenvalue weighted by Crippen LogP contribution is -2.15. The van der Waals surface area contributed by atoms with Crippen molar-refractivity contribution >= 4 is 51.4 Å². The normalized spacial score (nSPS) is 11.4. The van der Waals surface area contributed by atoms with Gasteiger partial charge in [-0.2, -0.15) is 13.2 Å². The zero-order chi connectivity index (χ0) is 21.7. The van der Waals surface area contributed by atoms with E-state index in [1.54, 1.807) is 12.1 Å². The average Bonchev–Trinajstić information content (AvgIpc) is 3.15. The highest BCUT2D eigenvalue weighted by atomic mass is 35.5. The molecule has 3 rings (SSSR count). The minimum absolute atomic E-state index is 0.00421. The highest BCUT2D eigenvalue weighted by Gasteiger charge is 2.31. The third-order valence-electron chi connectivity index (χ3n) is 3.66. The summed E-state index contributed by atoms with van der Waals surface area (Å²) in [6, 6.07) is 8.70. The second-order valence-electron chi connectivity index (χ2n) is 5.88. The van der Waals surface area contributed by atoms with E-state index in [0.717, 1.165) is 35.5 Å². The van der Waals surface area contributed by atoms with Crippen LogP contribution < -0.4 is 10.6 Å². The standard InChI is InChI=1S/C18H13ClF4N4OS2/c19-13-6-3-11(18(21,22)23)7-14(13)25-15(28)9-29-17-27-26-16(30-17)24-8-10-1-4-12(20)5-2-10/h1-7H,8-9H2,(H,24,26)(H,25,28). The number of hydrogen-bond donors (Lipinski definition) is 2. The molecule has 0 saturated heterocycles. The number of rotatable bonds is 7. The molecule has 1 heterocycles. The van der Waals surface area contributed by atoms with Gasteiger partial charge in [-0.15, -0.1) is 10.2 Å². The number of anilines is 2. The van der Waals surface area contributed by atoms with Gasteiger partial charge in [0.2, 0.25) is 11.0 Å². The van der Waals surface area contributed by atoms with E-state index in [1.165, 1.54) is 23.5 Å². The number of halogens is 5. The smallest absolute Gasteiger partial charge is 0.356 e. The number of benzene rings is 2. The van der Waals surface area contributed by atoms with Crippen molar-refractivity contribution in [1.82, 2.24) is 10.2 Å². The maximum atomic E-state index is 12.9. The Hall–Kier alpha value is -2.37. The van der Waals surface area contributed by atoms with E-state index in [1.807, 2.05) is 0 Å². The van der Waals surface area contributed by atoms with Crippen molar-refractivity contribution in [2.75, 3.05) is 16.4 Å². The first kappa shape index (κ1) is 22.3. The molecule has 12 heteroatoms. The summed E-state index contributed by atoms with van der Waals surface area (Å²) in [7, 11) is 0. The number of carbonyl (C=O) groups excluding carboxylic acids is 1. The fourth-order valence-corrected chi connectivity index (χ4v) is 3.94. The maximum Gasteiger partial charge on any atom is 0.416 e. The van der Waals surface area contributed by atoms with E-state index >= 15 is 0 Å². The number of amides is 1. The highest BCUT2D eigenvalue weighted by Crippen LogP contribution is 2.34. The number of nitrogens with one attached hydrogen (secondary N) is 2. The van der Waals surface area contributed by atoms with Crippen LogP contribution in [0.25, 0.3) is 0 Å². The lowest BCUT2D eigenvalue weighted by atomic mass is 10.2. The van der Waals surface area contributed by atoms with Gasteiger partial charge >= 0.3 is 6.18 Å². The summed E-state index contributed by atoms with van der Waals surface area (Å²) in [6.07, 6.45) is -4.54. The predicted molar refractivity (Wildman–Crippen MR) is 109 cm³/mol. The Labute approximate surface area is 181 Å². The number of aromatic nitrogens is 2. The van der Waals surface area contributed by atoms with Crippen LogP contribution in [-0.2, 0) is 17.5 Å². The Morgan fingerprint density at radius 2 is 1.87 bits per heavy atom. The topological polar surface area (TPSA) is 66.9 Å². The molecule has 30 heavy (non-hydrogen) atoms. The van der Waals surface area contributed by atoms with Gasteiger partial charge in [-0.3, -0.25) is 4.79 Å². The van der Waals surface area contributed by atoms with E-state index in [-0.39, 0.29) is 22.3 Å². The summed E-state index contributed by atoms with van der Waals surface area (Å²) < 4.78 is 51.8. The minimum Gasteiger partial charge on any atom is -0.356 e. The zero-order valence-electron chi connectivity index (χ0n) is 15.0. The van der Waals surface area contributed by atoms with Crippen LogP contribution in [0.5, 0.6) is 0 Å². The molecule has 158 valence electrons. The predicted octanol–water partition coefficient (Wildman–Crippen LogP) is 5.69. The summed E-state index contributed by atoms with van der Waals surface area (Å²) in [5.41, 5.74) is -0.162. The van der Waals surface area contributed by atoms with Crippen molar-refractivity contribution in [3.8, 4) is 0 Å². The molecule has 3 aromatic rings. The third kappa shape index (κ3) is 6.31. The molecule has 2 N–H and O–H groups in total. The molecular weight excluding hydrogens is 464 g/mol. The van der Waals surface area contributed by atoms with E-state index < -0.39 is 17.6 Å². The van der Waals surface area contributed by atoms with Crippen LogP contribution in [0.3, 0.4) is 0 Å². The molecule has 0 spiro atoms. The van der Waals surface area contributed by atoms with Crippen molar-refractivity contribution < 1.29 is 22.4 Å². The number of alkyl halides is 3. The van der Waals surface area contributed by atoms with Crippen molar-refractivity contribution in [3.05, 3.63) is 64.4 Å². The van der Waals surface area contributed by atoms with E-state index in [4.69, 9.17) is 11.6 Å². The molecule has 0 saturated carbocycles. The van der Waals surface area contributed by atoms with Crippen molar-refractivity contribution in [2.45, 2.75) is 17.1 Å². The molecule has 0 aliphatic rings. The van der Waals surface area contributed by atoms with Gasteiger partial charge in [0.05, 0.1) is 22.0 Å². The molecular formula is C18H13ClF4N4OS2. The fourth-order valence-electron chi connectivity index (χ4n) is 2.23. The van der Waals surface area contributed by atoms with Gasteiger partial charge in [0.25, 0.3) is 0 Å². The lowest BCUT2D eigenvalue weighted by molar-refractivity contribution is -0.137. The molecule has 0 aliphatic heterocycles. The van der Waals surface area contributed by atoms with Crippen LogP contribution >= 0.6 is 34.7 Å². The summed E-state index contributed by atoms with van der Waals surface area (Å²) in [5, 5.41) is 13.8. The molecule has 0 bridgehead atoms. The Bertz CT molecular complexity index is 1030. The van der Waals surface area contributed by atoms with Gasteiger partial charge in [0.1, 0.15) is 5.82 Å². The number of carbonyl (C=O) groups is 1. The van der Waals surface area contributed by atoms with Crippen molar-refractivity contribution in [3.63, 3.8) is 0 Å². The van der Waals surface area contributed by atoms with Crippen LogP contribution in [-0.4, -0.2) is 21.9 Å². The number of hydrogen-bond acceptors (Lipinski definition) is 6. The monoisotopic (exact) mass is 476 g/mol. The molecule has 5 nitrogen and oxygen atoms in total. The van der Waals surface area contributed by atoms with Crippen LogP contribution in [0.2, 0.25) is 5.02 Å². The van der Waals surface area contributed by atoms with Crippen LogP contribution in [0.4, 0.5) is 28.4 Å². The van der Waals surface area contributed by atoms with Gasteiger partial charge in [-0.25, -0.2) is 4.39 Å². The highest BCUT2D eigenvalue weighted by molar-refractivity contribution is 8.01. The van der Waals surface area contributed by atoms with Crippen LogP contribution in [0.1, 0.15) is 11.1 Å². The van der Waals surface area contributed by atoms with Crippen LogP contribution in [0.15, 0.2) is 46.8 Å². The summed E-state index contributed by atoms with van der Waals surface area (Å²) in [6.45, 7) is 0.425. The number of nitrogens with zero attached hydrogens (tertiary/aromatic N) is 2. The summed E-state index contributed by atoms with van der Waals surface area (Å²) in [5.74, 6) is -0.936. The number of thioether (sulfide) groups is 1. The first-order valence-electron chi connectivity index (χ1n) is 8.32. The second-order valence-corrected chi connectivity index (χ2v) is 8.49. The fraction of sp³-hybridized carbons (Fsp3) is 0.167. The van der Waals surface area contributed by atoms with E-state index in [0.29, 0.717) is 16.0 Å². The Kier molecular flexibility index (Phi) is 7.16. The Morgan fingerprint density at radius 1 is 1.13 bits per heavy atom. The van der Waals surface area contributed by atoms with E-state index in [2.05, 4.69) is 20.8 Å². The van der Waals surface area contributed by atoms with Gasteiger partial charge in [-0.05, 0) is 35.9 Å². The molecule has 0 unspecified atom stereocenters. The average molecular weight is 477 g/mol. The Morgan fingerprint density at radius 3 is 2.57 bits per heavy atom. The molecule has 2 aromatic carbocycles. The van der Waals surface area contributed by atoms with E-state index in [9.17, 15) is 22.4 Å². The summed E-state index contributed by atoms with van der Waals surface area (Å²) in [4.78, 5) is 12.1. The van der Waals surface area contributed by atoms with Gasteiger partial charge in [0.15, 0.2) is 4.34 Å². The quantitative estimate of drug-likeness (QED) is 0.338. The lowest BCUT2D eigenvalue weighted by Gasteiger charge is -2.11. The SMILES string of the molecule is O=C(CSc1nnc(NCc2ccc(F)cc2)s1)Nc1cc(C(F)(F)F)ccc1Cl. The zero-order valence-corrected chi connectivity index (χ0v) is 17.4. The molecule has 1 aromatic heterocycles.